The number of thiophene rings is 1. The summed E-state index contributed by atoms with van der Waals surface area (Å²) in [4.78, 5) is 17.1. The van der Waals surface area contributed by atoms with Gasteiger partial charge in [0.1, 0.15) is 5.65 Å². The van der Waals surface area contributed by atoms with Gasteiger partial charge < -0.3 is 9.72 Å². The van der Waals surface area contributed by atoms with Crippen LogP contribution in [0.5, 0.6) is 0 Å². The summed E-state index contributed by atoms with van der Waals surface area (Å²) in [6.07, 6.45) is 1.96. The summed E-state index contributed by atoms with van der Waals surface area (Å²) in [6, 6.07) is 9.56. The molecule has 0 aromatic carbocycles. The fraction of sp³-hybridized carbons (Fsp3) is 0.143. The molecule has 1 amide bonds. The lowest BCUT2D eigenvalue weighted by molar-refractivity contribution is 0.0954. The highest BCUT2D eigenvalue weighted by Crippen LogP contribution is 2.12. The molecule has 0 fully saturated rings. The van der Waals surface area contributed by atoms with E-state index in [2.05, 4.69) is 10.3 Å². The maximum atomic E-state index is 11.9. The van der Waals surface area contributed by atoms with Crippen LogP contribution in [0, 0.1) is 6.92 Å². The molecule has 3 aromatic heterocycles. The summed E-state index contributed by atoms with van der Waals surface area (Å²) in [5.41, 5.74) is 2.86. The Balaban J connectivity index is 1.82. The van der Waals surface area contributed by atoms with Gasteiger partial charge in [-0.2, -0.15) is 0 Å². The fourth-order valence-electron chi connectivity index (χ4n) is 2.04. The Kier molecular flexibility index (Phi) is 3.05. The van der Waals surface area contributed by atoms with Crippen molar-refractivity contribution in [1.29, 1.82) is 0 Å². The van der Waals surface area contributed by atoms with Crippen molar-refractivity contribution in [3.63, 3.8) is 0 Å². The second kappa shape index (κ2) is 4.85. The monoisotopic (exact) mass is 271 g/mol. The summed E-state index contributed by atoms with van der Waals surface area (Å²) in [5.74, 6) is -0.0414. The van der Waals surface area contributed by atoms with E-state index >= 15 is 0 Å². The van der Waals surface area contributed by atoms with Crippen molar-refractivity contribution in [3.8, 4) is 0 Å². The lowest BCUT2D eigenvalue weighted by Gasteiger charge is -2.05. The van der Waals surface area contributed by atoms with E-state index in [0.29, 0.717) is 6.54 Å². The second-order valence-electron chi connectivity index (χ2n) is 4.23. The number of imidazole rings is 1. The standard InChI is InChI=1S/C14H13N3OS/c1-10-11(17-7-3-2-6-13(17)16-10)9-15-14(18)12-5-4-8-19-12/h2-8H,9H2,1H3,(H,15,18). The van der Waals surface area contributed by atoms with Gasteiger partial charge in [-0.05, 0) is 30.5 Å². The Morgan fingerprint density at radius 2 is 2.26 bits per heavy atom. The highest BCUT2D eigenvalue weighted by Gasteiger charge is 2.11. The molecule has 0 atom stereocenters. The van der Waals surface area contributed by atoms with Crippen molar-refractivity contribution in [2.24, 2.45) is 0 Å². The second-order valence-corrected chi connectivity index (χ2v) is 5.18. The average molecular weight is 271 g/mol. The first-order valence-corrected chi connectivity index (χ1v) is 6.88. The van der Waals surface area contributed by atoms with Gasteiger partial charge in [0.05, 0.1) is 22.8 Å². The van der Waals surface area contributed by atoms with E-state index in [0.717, 1.165) is 21.9 Å². The first-order chi connectivity index (χ1) is 9.25. The van der Waals surface area contributed by atoms with Crippen LogP contribution in [-0.2, 0) is 6.54 Å². The molecule has 3 aromatic rings. The molecule has 19 heavy (non-hydrogen) atoms. The summed E-state index contributed by atoms with van der Waals surface area (Å²) in [6.45, 7) is 2.44. The Bertz CT molecular complexity index is 715. The molecule has 1 N–H and O–H groups in total. The Morgan fingerprint density at radius 1 is 1.37 bits per heavy atom. The van der Waals surface area contributed by atoms with Gasteiger partial charge in [0.2, 0.25) is 0 Å². The minimum atomic E-state index is -0.0414. The van der Waals surface area contributed by atoms with E-state index in [1.165, 1.54) is 11.3 Å². The molecule has 3 rings (SSSR count). The molecule has 3 heterocycles. The number of carbonyl (C=O) groups is 1. The minimum Gasteiger partial charge on any atom is -0.346 e. The molecule has 5 heteroatoms. The number of hydrogen-bond donors (Lipinski definition) is 1. The van der Waals surface area contributed by atoms with Crippen LogP contribution in [0.2, 0.25) is 0 Å². The zero-order chi connectivity index (χ0) is 13.2. The quantitative estimate of drug-likeness (QED) is 0.796. The third-order valence-corrected chi connectivity index (χ3v) is 3.86. The van der Waals surface area contributed by atoms with Gasteiger partial charge in [-0.15, -0.1) is 11.3 Å². The molecule has 0 aliphatic heterocycles. The molecule has 0 saturated heterocycles. The molecule has 0 radical (unpaired) electrons. The van der Waals surface area contributed by atoms with Gasteiger partial charge in [-0.1, -0.05) is 12.1 Å². The predicted octanol–water partition coefficient (Wildman–Crippen LogP) is 2.63. The first kappa shape index (κ1) is 11.9. The fourth-order valence-corrected chi connectivity index (χ4v) is 2.68. The number of pyridine rings is 1. The van der Waals surface area contributed by atoms with Crippen LogP contribution in [-0.4, -0.2) is 15.3 Å². The van der Waals surface area contributed by atoms with Gasteiger partial charge in [0.15, 0.2) is 0 Å². The Hall–Kier alpha value is -2.14. The molecular formula is C14H13N3OS. The topological polar surface area (TPSA) is 46.4 Å². The van der Waals surface area contributed by atoms with Crippen LogP contribution in [0.25, 0.3) is 5.65 Å². The molecule has 0 aliphatic rings. The minimum absolute atomic E-state index is 0.0414. The smallest absolute Gasteiger partial charge is 0.261 e. The summed E-state index contributed by atoms with van der Waals surface area (Å²) < 4.78 is 2.00. The van der Waals surface area contributed by atoms with Crippen molar-refractivity contribution >= 4 is 22.9 Å². The number of hydrogen-bond acceptors (Lipinski definition) is 3. The molecule has 0 saturated carbocycles. The molecule has 0 aliphatic carbocycles. The highest BCUT2D eigenvalue weighted by molar-refractivity contribution is 7.12. The zero-order valence-corrected chi connectivity index (χ0v) is 11.3. The van der Waals surface area contributed by atoms with Crippen LogP contribution in [0.15, 0.2) is 41.9 Å². The number of nitrogens with one attached hydrogen (secondary N) is 1. The number of nitrogens with zero attached hydrogens (tertiary/aromatic N) is 2. The van der Waals surface area contributed by atoms with Gasteiger partial charge >= 0.3 is 0 Å². The third-order valence-electron chi connectivity index (χ3n) is 2.99. The SMILES string of the molecule is Cc1nc2ccccn2c1CNC(=O)c1cccs1. The number of rotatable bonds is 3. The predicted molar refractivity (Wildman–Crippen MR) is 75.4 cm³/mol. The van der Waals surface area contributed by atoms with Crippen molar-refractivity contribution in [2.45, 2.75) is 13.5 Å². The van der Waals surface area contributed by atoms with Crippen LogP contribution in [0.3, 0.4) is 0 Å². The molecular weight excluding hydrogens is 258 g/mol. The highest BCUT2D eigenvalue weighted by atomic mass is 32.1. The van der Waals surface area contributed by atoms with Crippen LogP contribution in [0.1, 0.15) is 21.1 Å². The molecule has 0 bridgehead atoms. The molecule has 96 valence electrons. The van der Waals surface area contributed by atoms with E-state index in [9.17, 15) is 4.79 Å². The zero-order valence-electron chi connectivity index (χ0n) is 10.5. The normalized spacial score (nSPS) is 10.8. The number of aromatic nitrogens is 2. The average Bonchev–Trinajstić information content (AvgIpc) is 3.03. The van der Waals surface area contributed by atoms with E-state index < -0.39 is 0 Å². The van der Waals surface area contributed by atoms with Crippen LogP contribution < -0.4 is 5.32 Å². The maximum absolute atomic E-state index is 11.9. The number of amides is 1. The largest absolute Gasteiger partial charge is 0.346 e. The van der Waals surface area contributed by atoms with E-state index in [4.69, 9.17) is 0 Å². The first-order valence-electron chi connectivity index (χ1n) is 6.00. The summed E-state index contributed by atoms with van der Waals surface area (Å²) in [7, 11) is 0. The van der Waals surface area contributed by atoms with Crippen molar-refractivity contribution < 1.29 is 4.79 Å². The third kappa shape index (κ3) is 2.24. The Morgan fingerprint density at radius 3 is 3.05 bits per heavy atom. The van der Waals surface area contributed by atoms with Gasteiger partial charge in [0.25, 0.3) is 5.91 Å². The van der Waals surface area contributed by atoms with Gasteiger partial charge in [0, 0.05) is 6.20 Å². The Labute approximate surface area is 114 Å². The van der Waals surface area contributed by atoms with Gasteiger partial charge in [-0.25, -0.2) is 4.98 Å². The molecule has 4 nitrogen and oxygen atoms in total. The van der Waals surface area contributed by atoms with Crippen molar-refractivity contribution in [2.75, 3.05) is 0 Å². The lowest BCUT2D eigenvalue weighted by Crippen LogP contribution is -2.23. The van der Waals surface area contributed by atoms with Crippen molar-refractivity contribution in [1.82, 2.24) is 14.7 Å². The molecule has 0 spiro atoms. The number of fused-ring (bicyclic) bond motifs is 1. The van der Waals surface area contributed by atoms with Crippen molar-refractivity contribution in [3.05, 3.63) is 58.2 Å². The number of carbonyl (C=O) groups excluding carboxylic acids is 1. The van der Waals surface area contributed by atoms with E-state index in [1.807, 2.05) is 53.2 Å². The summed E-state index contributed by atoms with van der Waals surface area (Å²) in [5, 5.41) is 4.83. The number of aryl methyl sites for hydroxylation is 1. The van der Waals surface area contributed by atoms with Gasteiger partial charge in [-0.3, -0.25) is 4.79 Å². The summed E-state index contributed by atoms with van der Waals surface area (Å²) >= 11 is 1.44. The van der Waals surface area contributed by atoms with E-state index in [-0.39, 0.29) is 5.91 Å². The molecule has 0 unspecified atom stereocenters. The van der Waals surface area contributed by atoms with E-state index in [1.54, 1.807) is 0 Å². The van der Waals surface area contributed by atoms with Crippen LogP contribution >= 0.6 is 11.3 Å². The maximum Gasteiger partial charge on any atom is 0.261 e. The van der Waals surface area contributed by atoms with Crippen LogP contribution in [0.4, 0.5) is 0 Å². The lowest BCUT2D eigenvalue weighted by atomic mass is 10.3.